The Morgan fingerprint density at radius 2 is 2.04 bits per heavy atom. The van der Waals surface area contributed by atoms with Crippen molar-refractivity contribution in [2.75, 3.05) is 20.1 Å². The van der Waals surface area contributed by atoms with Crippen molar-refractivity contribution in [3.8, 4) is 0 Å². The van der Waals surface area contributed by atoms with E-state index in [1.165, 1.54) is 11.3 Å². The SMILES string of the molecule is CN1CCC(C(=O)c2cccc(CC(=O)c3sccc3Br)n2)CC1. The molecule has 4 nitrogen and oxygen atoms in total. The zero-order chi connectivity index (χ0) is 17.1. The number of carbonyl (C=O) groups excluding carboxylic acids is 2. The van der Waals surface area contributed by atoms with Crippen LogP contribution in [-0.2, 0) is 6.42 Å². The Hall–Kier alpha value is -1.37. The number of aromatic nitrogens is 1. The molecule has 6 heteroatoms. The smallest absolute Gasteiger partial charge is 0.184 e. The molecule has 1 aliphatic heterocycles. The Labute approximate surface area is 154 Å². The van der Waals surface area contributed by atoms with Gasteiger partial charge in [-0.2, -0.15) is 0 Å². The lowest BCUT2D eigenvalue weighted by Crippen LogP contribution is -2.33. The van der Waals surface area contributed by atoms with E-state index >= 15 is 0 Å². The zero-order valence-electron chi connectivity index (χ0n) is 13.5. The standard InChI is InChI=1S/C18H19BrN2O2S/c1-21-8-5-12(6-9-21)17(23)15-4-2-3-13(20-15)11-16(22)18-14(19)7-10-24-18/h2-4,7,10,12H,5-6,8-9,11H2,1H3. The number of hydrogen-bond acceptors (Lipinski definition) is 5. The zero-order valence-corrected chi connectivity index (χ0v) is 15.9. The van der Waals surface area contributed by atoms with Crippen molar-refractivity contribution in [3.05, 3.63) is 50.4 Å². The largest absolute Gasteiger partial charge is 0.306 e. The molecule has 0 aromatic carbocycles. The van der Waals surface area contributed by atoms with Gasteiger partial charge in [0, 0.05) is 16.1 Å². The normalized spacial score (nSPS) is 16.2. The van der Waals surface area contributed by atoms with Crippen LogP contribution in [0.5, 0.6) is 0 Å². The van der Waals surface area contributed by atoms with Gasteiger partial charge in [-0.25, -0.2) is 4.98 Å². The van der Waals surface area contributed by atoms with Gasteiger partial charge in [-0.15, -0.1) is 11.3 Å². The van der Waals surface area contributed by atoms with E-state index in [-0.39, 0.29) is 23.9 Å². The molecule has 24 heavy (non-hydrogen) atoms. The molecule has 0 aliphatic carbocycles. The molecule has 0 bridgehead atoms. The number of hydrogen-bond donors (Lipinski definition) is 0. The molecule has 1 fully saturated rings. The van der Waals surface area contributed by atoms with Gasteiger partial charge >= 0.3 is 0 Å². The van der Waals surface area contributed by atoms with Crippen LogP contribution in [0, 0.1) is 5.92 Å². The summed E-state index contributed by atoms with van der Waals surface area (Å²) in [5.41, 5.74) is 1.14. The number of pyridine rings is 1. The van der Waals surface area contributed by atoms with Crippen molar-refractivity contribution < 1.29 is 9.59 Å². The molecule has 3 rings (SSSR count). The average Bonchev–Trinajstić information content (AvgIpc) is 3.01. The summed E-state index contributed by atoms with van der Waals surface area (Å²) in [6.45, 7) is 1.89. The Kier molecular flexibility index (Phi) is 5.58. The van der Waals surface area contributed by atoms with Gasteiger partial charge < -0.3 is 4.90 Å². The van der Waals surface area contributed by atoms with E-state index in [0.29, 0.717) is 16.3 Å². The lowest BCUT2D eigenvalue weighted by Gasteiger charge is -2.27. The highest BCUT2D eigenvalue weighted by Crippen LogP contribution is 2.24. The molecule has 1 saturated heterocycles. The van der Waals surface area contributed by atoms with Crippen LogP contribution < -0.4 is 0 Å². The summed E-state index contributed by atoms with van der Waals surface area (Å²) in [5, 5.41) is 1.88. The second kappa shape index (κ2) is 7.68. The summed E-state index contributed by atoms with van der Waals surface area (Å²) >= 11 is 4.80. The van der Waals surface area contributed by atoms with Crippen molar-refractivity contribution in [2.45, 2.75) is 19.3 Å². The lowest BCUT2D eigenvalue weighted by molar-refractivity contribution is 0.0850. The Bertz CT molecular complexity index is 751. The predicted molar refractivity (Wildman–Crippen MR) is 98.8 cm³/mol. The average molecular weight is 407 g/mol. The highest BCUT2D eigenvalue weighted by molar-refractivity contribution is 9.10. The summed E-state index contributed by atoms with van der Waals surface area (Å²) in [6, 6.07) is 7.26. The second-order valence-electron chi connectivity index (χ2n) is 6.15. The van der Waals surface area contributed by atoms with Crippen LogP contribution in [0.15, 0.2) is 34.1 Å². The maximum Gasteiger partial charge on any atom is 0.184 e. The highest BCUT2D eigenvalue weighted by Gasteiger charge is 2.25. The molecular weight excluding hydrogens is 388 g/mol. The van der Waals surface area contributed by atoms with Crippen LogP contribution in [0.1, 0.15) is 38.7 Å². The molecule has 126 valence electrons. The van der Waals surface area contributed by atoms with Crippen LogP contribution >= 0.6 is 27.3 Å². The van der Waals surface area contributed by atoms with Crippen LogP contribution in [0.25, 0.3) is 0 Å². The third-order valence-corrected chi connectivity index (χ3v) is 6.24. The predicted octanol–water partition coefficient (Wildman–Crippen LogP) is 3.86. The number of likely N-dealkylation sites (tertiary alicyclic amines) is 1. The Morgan fingerprint density at radius 1 is 1.29 bits per heavy atom. The molecule has 3 heterocycles. The fraction of sp³-hybridized carbons (Fsp3) is 0.389. The van der Waals surface area contributed by atoms with Gasteiger partial charge in [0.1, 0.15) is 5.69 Å². The van der Waals surface area contributed by atoms with Gasteiger partial charge in [0.25, 0.3) is 0 Å². The molecule has 0 spiro atoms. The number of rotatable bonds is 5. The first-order valence-corrected chi connectivity index (χ1v) is 9.66. The number of piperidine rings is 1. The number of thiophene rings is 1. The van der Waals surface area contributed by atoms with Crippen LogP contribution in [0.3, 0.4) is 0 Å². The second-order valence-corrected chi connectivity index (χ2v) is 7.92. The van der Waals surface area contributed by atoms with Gasteiger partial charge in [-0.3, -0.25) is 9.59 Å². The molecule has 2 aromatic rings. The fourth-order valence-corrected chi connectivity index (χ4v) is 4.47. The van der Waals surface area contributed by atoms with Crippen molar-refractivity contribution >= 4 is 38.8 Å². The third kappa shape index (κ3) is 3.99. The minimum Gasteiger partial charge on any atom is -0.306 e. The maximum atomic E-state index is 12.7. The third-order valence-electron chi connectivity index (χ3n) is 4.36. The summed E-state index contributed by atoms with van der Waals surface area (Å²) in [4.78, 5) is 32.4. The number of ketones is 2. The van der Waals surface area contributed by atoms with Gasteiger partial charge in [0.15, 0.2) is 11.6 Å². The van der Waals surface area contributed by atoms with E-state index in [1.54, 1.807) is 6.07 Å². The number of Topliss-reactive ketones (excluding diaryl/α,β-unsaturated/α-hetero) is 2. The van der Waals surface area contributed by atoms with Gasteiger partial charge in [-0.05, 0) is 72.5 Å². The van der Waals surface area contributed by atoms with Crippen molar-refractivity contribution in [1.82, 2.24) is 9.88 Å². The van der Waals surface area contributed by atoms with Crippen LogP contribution in [0.2, 0.25) is 0 Å². The molecule has 1 aliphatic rings. The first-order valence-electron chi connectivity index (χ1n) is 7.99. The molecule has 0 unspecified atom stereocenters. The topological polar surface area (TPSA) is 50.3 Å². The van der Waals surface area contributed by atoms with E-state index < -0.39 is 0 Å². The number of carbonyl (C=O) groups is 2. The molecule has 0 saturated carbocycles. The molecule has 0 amide bonds. The minimum atomic E-state index is 0.0215. The van der Waals surface area contributed by atoms with E-state index in [4.69, 9.17) is 0 Å². The highest BCUT2D eigenvalue weighted by atomic mass is 79.9. The molecular formula is C18H19BrN2O2S. The van der Waals surface area contributed by atoms with E-state index in [9.17, 15) is 9.59 Å². The van der Waals surface area contributed by atoms with Crippen molar-refractivity contribution in [1.29, 1.82) is 0 Å². The minimum absolute atomic E-state index is 0.0215. The first-order chi connectivity index (χ1) is 11.5. The van der Waals surface area contributed by atoms with Crippen LogP contribution in [-0.4, -0.2) is 41.6 Å². The lowest BCUT2D eigenvalue weighted by atomic mass is 9.91. The quantitative estimate of drug-likeness (QED) is 0.707. The molecule has 0 N–H and O–H groups in total. The summed E-state index contributed by atoms with van der Waals surface area (Å²) in [5.74, 6) is 0.175. The van der Waals surface area contributed by atoms with Gasteiger partial charge in [0.05, 0.1) is 11.3 Å². The number of halogens is 1. The van der Waals surface area contributed by atoms with Crippen molar-refractivity contribution in [2.24, 2.45) is 5.92 Å². The van der Waals surface area contributed by atoms with Crippen LogP contribution in [0.4, 0.5) is 0 Å². The summed E-state index contributed by atoms with van der Waals surface area (Å²) < 4.78 is 0.816. The number of nitrogens with zero attached hydrogens (tertiary/aromatic N) is 2. The van der Waals surface area contributed by atoms with Crippen molar-refractivity contribution in [3.63, 3.8) is 0 Å². The first kappa shape index (κ1) is 17.5. The fourth-order valence-electron chi connectivity index (χ4n) is 2.93. The van der Waals surface area contributed by atoms with Gasteiger partial charge in [0.2, 0.25) is 0 Å². The Balaban J connectivity index is 1.71. The van der Waals surface area contributed by atoms with E-state index in [1.807, 2.05) is 23.6 Å². The van der Waals surface area contributed by atoms with Gasteiger partial charge in [-0.1, -0.05) is 6.07 Å². The van der Waals surface area contributed by atoms with E-state index in [2.05, 4.69) is 32.9 Å². The monoisotopic (exact) mass is 406 g/mol. The molecule has 2 aromatic heterocycles. The van der Waals surface area contributed by atoms with E-state index in [0.717, 1.165) is 30.4 Å². The maximum absolute atomic E-state index is 12.7. The summed E-state index contributed by atoms with van der Waals surface area (Å²) in [7, 11) is 2.08. The Morgan fingerprint density at radius 3 is 2.71 bits per heavy atom. The summed E-state index contributed by atoms with van der Waals surface area (Å²) in [6.07, 6.45) is 1.97. The molecule has 0 atom stereocenters. The molecule has 0 radical (unpaired) electrons.